The van der Waals surface area contributed by atoms with Crippen molar-refractivity contribution in [1.29, 1.82) is 0 Å². The topological polar surface area (TPSA) is 20.2 Å². The van der Waals surface area contributed by atoms with Crippen molar-refractivity contribution in [3.05, 3.63) is 59.1 Å². The molecule has 0 amide bonds. The number of benzene rings is 2. The maximum atomic E-state index is 9.94. The molecule has 0 aromatic heterocycles. The van der Waals surface area contributed by atoms with E-state index in [0.717, 1.165) is 11.1 Å². The lowest BCUT2D eigenvalue weighted by Gasteiger charge is -2.17. The number of rotatable bonds is 2. The molecule has 1 nitrogen and oxygen atoms in total. The molecule has 0 radical (unpaired) electrons. The zero-order valence-electron chi connectivity index (χ0n) is 10.0. The average molecular weight is 257 g/mol. The van der Waals surface area contributed by atoms with Crippen LogP contribution in [-0.4, -0.2) is 5.11 Å². The van der Waals surface area contributed by atoms with E-state index < -0.39 is 5.60 Å². The van der Waals surface area contributed by atoms with Gasteiger partial charge in [-0.2, -0.15) is 0 Å². The highest BCUT2D eigenvalue weighted by Crippen LogP contribution is 2.26. The van der Waals surface area contributed by atoms with Crippen LogP contribution in [0.5, 0.6) is 0 Å². The van der Waals surface area contributed by atoms with Gasteiger partial charge in [0, 0.05) is 5.02 Å². The Hall–Kier alpha value is -1.75. The summed E-state index contributed by atoms with van der Waals surface area (Å²) in [5.41, 5.74) is 1.55. The van der Waals surface area contributed by atoms with Gasteiger partial charge in [0.25, 0.3) is 0 Å². The lowest BCUT2D eigenvalue weighted by atomic mass is 9.94. The predicted molar refractivity (Wildman–Crippen MR) is 75.3 cm³/mol. The van der Waals surface area contributed by atoms with E-state index >= 15 is 0 Å². The van der Waals surface area contributed by atoms with Crippen LogP contribution >= 0.6 is 11.6 Å². The number of halogens is 1. The number of aliphatic hydroxyl groups is 1. The summed E-state index contributed by atoms with van der Waals surface area (Å²) in [6.07, 6.45) is 5.29. The Morgan fingerprint density at radius 2 is 1.78 bits per heavy atom. The van der Waals surface area contributed by atoms with Gasteiger partial charge in [-0.1, -0.05) is 53.9 Å². The third kappa shape index (κ3) is 2.56. The molecule has 2 aromatic rings. The Kier molecular flexibility index (Phi) is 3.43. The Balaban J connectivity index is 2.37. The molecule has 0 aliphatic rings. The lowest BCUT2D eigenvalue weighted by Crippen LogP contribution is -2.17. The van der Waals surface area contributed by atoms with E-state index in [9.17, 15) is 5.11 Å². The van der Waals surface area contributed by atoms with Gasteiger partial charge in [-0.25, -0.2) is 0 Å². The van der Waals surface area contributed by atoms with Gasteiger partial charge in [0.2, 0.25) is 0 Å². The second-order valence-corrected chi connectivity index (χ2v) is 4.74. The van der Waals surface area contributed by atoms with Crippen LogP contribution in [0, 0.1) is 12.3 Å². The van der Waals surface area contributed by atoms with Crippen molar-refractivity contribution in [2.24, 2.45) is 0 Å². The van der Waals surface area contributed by atoms with Crippen LogP contribution < -0.4 is 0 Å². The molecule has 0 aliphatic heterocycles. The molecular weight excluding hydrogens is 244 g/mol. The summed E-state index contributed by atoms with van der Waals surface area (Å²) in [6, 6.07) is 15.1. The predicted octanol–water partition coefficient (Wildman–Crippen LogP) is 3.85. The van der Waals surface area contributed by atoms with E-state index in [0.29, 0.717) is 10.6 Å². The fourth-order valence-corrected chi connectivity index (χ4v) is 1.93. The Morgan fingerprint density at radius 1 is 1.11 bits per heavy atom. The molecule has 2 rings (SSSR count). The first-order chi connectivity index (χ1) is 8.53. The molecule has 0 bridgehead atoms. The maximum Gasteiger partial charge on any atom is 0.147 e. The third-order valence-corrected chi connectivity index (χ3v) is 3.12. The SMILES string of the molecule is C#CC(C)(O)c1ccc(-c2cccc(Cl)c2)cc1. The summed E-state index contributed by atoms with van der Waals surface area (Å²) < 4.78 is 0. The van der Waals surface area contributed by atoms with Gasteiger partial charge >= 0.3 is 0 Å². The van der Waals surface area contributed by atoms with Crippen molar-refractivity contribution < 1.29 is 5.11 Å². The first-order valence-electron chi connectivity index (χ1n) is 5.59. The van der Waals surface area contributed by atoms with Crippen molar-refractivity contribution in [3.8, 4) is 23.5 Å². The van der Waals surface area contributed by atoms with Crippen molar-refractivity contribution in [3.63, 3.8) is 0 Å². The van der Waals surface area contributed by atoms with E-state index in [-0.39, 0.29) is 0 Å². The van der Waals surface area contributed by atoms with E-state index in [4.69, 9.17) is 18.0 Å². The van der Waals surface area contributed by atoms with Gasteiger partial charge in [0.15, 0.2) is 0 Å². The molecule has 0 heterocycles. The minimum Gasteiger partial charge on any atom is -0.374 e. The molecule has 2 heteroatoms. The first kappa shape index (κ1) is 12.7. The fraction of sp³-hybridized carbons (Fsp3) is 0.125. The van der Waals surface area contributed by atoms with E-state index in [1.54, 1.807) is 6.92 Å². The largest absolute Gasteiger partial charge is 0.374 e. The molecule has 0 saturated heterocycles. The summed E-state index contributed by atoms with van der Waals surface area (Å²) in [7, 11) is 0. The quantitative estimate of drug-likeness (QED) is 0.810. The first-order valence-corrected chi connectivity index (χ1v) is 5.97. The van der Waals surface area contributed by atoms with Gasteiger partial charge < -0.3 is 5.11 Å². The van der Waals surface area contributed by atoms with Gasteiger partial charge in [-0.15, -0.1) is 6.42 Å². The van der Waals surface area contributed by atoms with Crippen LogP contribution in [-0.2, 0) is 5.60 Å². The zero-order valence-corrected chi connectivity index (χ0v) is 10.8. The molecule has 0 aliphatic carbocycles. The smallest absolute Gasteiger partial charge is 0.147 e. The lowest BCUT2D eigenvalue weighted by molar-refractivity contribution is 0.122. The van der Waals surface area contributed by atoms with Crippen LogP contribution in [0.4, 0.5) is 0 Å². The summed E-state index contributed by atoms with van der Waals surface area (Å²) >= 11 is 5.95. The highest BCUT2D eigenvalue weighted by Gasteiger charge is 2.18. The summed E-state index contributed by atoms with van der Waals surface area (Å²) in [6.45, 7) is 1.60. The van der Waals surface area contributed by atoms with Crippen LogP contribution in [0.2, 0.25) is 5.02 Å². The molecule has 1 N–H and O–H groups in total. The summed E-state index contributed by atoms with van der Waals surface area (Å²) in [5, 5.41) is 10.6. The van der Waals surface area contributed by atoms with Crippen molar-refractivity contribution in [1.82, 2.24) is 0 Å². The van der Waals surface area contributed by atoms with Gasteiger partial charge in [0.1, 0.15) is 5.60 Å². The van der Waals surface area contributed by atoms with Gasteiger partial charge in [0.05, 0.1) is 0 Å². The average Bonchev–Trinajstić information content (AvgIpc) is 2.39. The Morgan fingerprint density at radius 3 is 2.33 bits per heavy atom. The zero-order chi connectivity index (χ0) is 13.2. The second-order valence-electron chi connectivity index (χ2n) is 4.30. The molecular formula is C16H13ClO. The molecule has 18 heavy (non-hydrogen) atoms. The van der Waals surface area contributed by atoms with E-state index in [1.807, 2.05) is 48.5 Å². The standard InChI is InChI=1S/C16H13ClO/c1-3-16(2,18)14-9-7-12(8-10-14)13-5-4-6-15(17)11-13/h1,4-11,18H,2H3. The Labute approximate surface area is 112 Å². The van der Waals surface area contributed by atoms with Crippen molar-refractivity contribution in [2.75, 3.05) is 0 Å². The third-order valence-electron chi connectivity index (χ3n) is 2.89. The molecule has 2 aromatic carbocycles. The van der Waals surface area contributed by atoms with Crippen LogP contribution in [0.15, 0.2) is 48.5 Å². The van der Waals surface area contributed by atoms with Crippen molar-refractivity contribution >= 4 is 11.6 Å². The number of hydrogen-bond acceptors (Lipinski definition) is 1. The van der Waals surface area contributed by atoms with Crippen LogP contribution in [0.3, 0.4) is 0 Å². The summed E-state index contributed by atoms with van der Waals surface area (Å²) in [5.74, 6) is 2.36. The van der Waals surface area contributed by atoms with E-state index in [1.165, 1.54) is 0 Å². The summed E-state index contributed by atoms with van der Waals surface area (Å²) in [4.78, 5) is 0. The molecule has 0 fully saturated rings. The maximum absolute atomic E-state index is 9.94. The second kappa shape index (κ2) is 4.86. The fourth-order valence-electron chi connectivity index (χ4n) is 1.74. The minimum atomic E-state index is -1.23. The van der Waals surface area contributed by atoms with Gasteiger partial charge in [-0.3, -0.25) is 0 Å². The number of hydrogen-bond donors (Lipinski definition) is 1. The van der Waals surface area contributed by atoms with Crippen LogP contribution in [0.25, 0.3) is 11.1 Å². The molecule has 1 atom stereocenters. The molecule has 0 saturated carbocycles. The van der Waals surface area contributed by atoms with Crippen LogP contribution in [0.1, 0.15) is 12.5 Å². The monoisotopic (exact) mass is 256 g/mol. The van der Waals surface area contributed by atoms with Crippen molar-refractivity contribution in [2.45, 2.75) is 12.5 Å². The van der Waals surface area contributed by atoms with Gasteiger partial charge in [-0.05, 0) is 35.7 Å². The number of terminal acetylenes is 1. The molecule has 1 unspecified atom stereocenters. The highest BCUT2D eigenvalue weighted by molar-refractivity contribution is 6.30. The highest BCUT2D eigenvalue weighted by atomic mass is 35.5. The Bertz CT molecular complexity index is 591. The minimum absolute atomic E-state index is 0.701. The molecule has 0 spiro atoms. The molecule has 90 valence electrons. The normalized spacial score (nSPS) is 13.7. The van der Waals surface area contributed by atoms with E-state index in [2.05, 4.69) is 5.92 Å².